The summed E-state index contributed by atoms with van der Waals surface area (Å²) in [4.78, 5) is 61.7. The highest BCUT2D eigenvalue weighted by molar-refractivity contribution is 9.11. The van der Waals surface area contributed by atoms with Crippen LogP contribution in [-0.4, -0.2) is 35.3 Å². The summed E-state index contributed by atoms with van der Waals surface area (Å²) < 4.78 is 6.54. The van der Waals surface area contributed by atoms with Gasteiger partial charge in [-0.25, -0.2) is 9.69 Å². The third kappa shape index (κ3) is 6.26. The Morgan fingerprint density at radius 1 is 1.07 bits per heavy atom. The van der Waals surface area contributed by atoms with E-state index in [4.69, 9.17) is 4.74 Å². The smallest absolute Gasteiger partial charge is 0.335 e. The van der Waals surface area contributed by atoms with Crippen molar-refractivity contribution in [3.63, 3.8) is 0 Å². The van der Waals surface area contributed by atoms with Crippen molar-refractivity contribution >= 4 is 78.8 Å². The van der Waals surface area contributed by atoms with Crippen LogP contribution < -0.4 is 20.3 Å². The van der Waals surface area contributed by atoms with Gasteiger partial charge in [0, 0.05) is 17.8 Å². The third-order valence-electron chi connectivity index (χ3n) is 5.75. The number of carbonyl (C=O) groups is 4. The van der Waals surface area contributed by atoms with Crippen LogP contribution in [0.3, 0.4) is 0 Å². The van der Waals surface area contributed by atoms with Crippen LogP contribution in [0.5, 0.6) is 5.75 Å². The number of rotatable bonds is 7. The summed E-state index contributed by atoms with van der Waals surface area (Å²) >= 11 is 6.76. The topological polar surface area (TPSA) is 148 Å². The first-order chi connectivity index (χ1) is 18.9. The largest absolute Gasteiger partial charge is 0.481 e. The molecule has 1 fully saturated rings. The molecule has 0 radical (unpaired) electrons. The summed E-state index contributed by atoms with van der Waals surface area (Å²) in [6.07, 6.45) is 1.26. The number of nitro groups is 1. The first kappa shape index (κ1) is 28.6. The molecule has 2 N–H and O–H groups in total. The number of halogens is 2. The van der Waals surface area contributed by atoms with Gasteiger partial charge in [-0.1, -0.05) is 18.2 Å². The molecule has 1 saturated heterocycles. The van der Waals surface area contributed by atoms with Gasteiger partial charge in [0.05, 0.1) is 19.6 Å². The highest BCUT2D eigenvalue weighted by Gasteiger charge is 2.37. The highest BCUT2D eigenvalue weighted by atomic mass is 79.9. The number of nitrogens with zero attached hydrogens (tertiary/aromatic N) is 2. The number of aryl methyl sites for hydroxylation is 2. The van der Waals surface area contributed by atoms with Crippen LogP contribution in [0.1, 0.15) is 16.7 Å². The Bertz CT molecular complexity index is 1600. The number of amides is 5. The van der Waals surface area contributed by atoms with E-state index in [0.29, 0.717) is 30.8 Å². The van der Waals surface area contributed by atoms with Gasteiger partial charge in [-0.3, -0.25) is 29.8 Å². The molecule has 0 atom stereocenters. The Kier molecular flexibility index (Phi) is 8.45. The molecule has 0 aliphatic carbocycles. The van der Waals surface area contributed by atoms with Crippen molar-refractivity contribution in [2.75, 3.05) is 16.8 Å². The molecule has 1 heterocycles. The minimum absolute atomic E-state index is 0.0691. The minimum Gasteiger partial charge on any atom is -0.481 e. The molecular formula is C27H20Br2N4O7. The van der Waals surface area contributed by atoms with Crippen LogP contribution >= 0.6 is 31.9 Å². The zero-order valence-electron chi connectivity index (χ0n) is 21.0. The summed E-state index contributed by atoms with van der Waals surface area (Å²) in [5.74, 6) is -1.93. The number of anilines is 2. The maximum atomic E-state index is 13.2. The van der Waals surface area contributed by atoms with Gasteiger partial charge in [0.25, 0.3) is 23.4 Å². The molecule has 3 aromatic carbocycles. The molecule has 1 aliphatic heterocycles. The molecule has 1 aliphatic rings. The summed E-state index contributed by atoms with van der Waals surface area (Å²) in [5, 5.41) is 16.0. The number of imide groups is 2. The molecule has 4 rings (SSSR count). The predicted octanol–water partition coefficient (Wildman–Crippen LogP) is 5.42. The van der Waals surface area contributed by atoms with Crippen LogP contribution in [0.15, 0.2) is 69.1 Å². The van der Waals surface area contributed by atoms with E-state index in [1.807, 2.05) is 32.0 Å². The van der Waals surface area contributed by atoms with Crippen molar-refractivity contribution in [3.8, 4) is 5.75 Å². The van der Waals surface area contributed by atoms with Crippen molar-refractivity contribution in [1.82, 2.24) is 5.32 Å². The molecular weight excluding hydrogens is 652 g/mol. The Balaban J connectivity index is 1.54. The first-order valence-corrected chi connectivity index (χ1v) is 13.2. The average molecular weight is 672 g/mol. The summed E-state index contributed by atoms with van der Waals surface area (Å²) in [5.41, 5.74) is 2.21. The second-order valence-corrected chi connectivity index (χ2v) is 10.4. The molecule has 13 heteroatoms. The molecule has 3 aromatic rings. The Morgan fingerprint density at radius 2 is 1.77 bits per heavy atom. The number of non-ortho nitro benzene ring substituents is 1. The van der Waals surface area contributed by atoms with Crippen molar-refractivity contribution in [3.05, 3.63) is 95.9 Å². The SMILES string of the molecule is Cc1ccc(C)c(NC(=O)COc2c(Br)cc(/C=C3/C(=O)NC(=O)N(c4cccc([N+](=O)[O-])c4)C3=O)cc2Br)c1. The number of barbiturate groups is 1. The second kappa shape index (κ2) is 11.8. The van der Waals surface area contributed by atoms with Crippen molar-refractivity contribution < 1.29 is 28.8 Å². The van der Waals surface area contributed by atoms with E-state index >= 15 is 0 Å². The number of hydrogen-bond acceptors (Lipinski definition) is 7. The van der Waals surface area contributed by atoms with Crippen molar-refractivity contribution in [2.24, 2.45) is 0 Å². The number of nitro benzene ring substituents is 1. The quantitative estimate of drug-likeness (QED) is 0.147. The molecule has 5 amide bonds. The Hall–Kier alpha value is -4.36. The lowest BCUT2D eigenvalue weighted by atomic mass is 10.1. The van der Waals surface area contributed by atoms with Gasteiger partial charge >= 0.3 is 6.03 Å². The maximum absolute atomic E-state index is 13.2. The van der Waals surface area contributed by atoms with E-state index in [9.17, 15) is 29.3 Å². The van der Waals surface area contributed by atoms with E-state index < -0.39 is 22.8 Å². The first-order valence-electron chi connectivity index (χ1n) is 11.6. The number of benzene rings is 3. The molecule has 0 bridgehead atoms. The van der Waals surface area contributed by atoms with E-state index in [2.05, 4.69) is 42.5 Å². The van der Waals surface area contributed by atoms with Crippen LogP contribution in [0, 0.1) is 24.0 Å². The number of ether oxygens (including phenoxy) is 1. The van der Waals surface area contributed by atoms with Gasteiger partial charge in [0.15, 0.2) is 6.61 Å². The van der Waals surface area contributed by atoms with E-state index in [1.54, 1.807) is 12.1 Å². The van der Waals surface area contributed by atoms with Crippen molar-refractivity contribution in [2.45, 2.75) is 13.8 Å². The van der Waals surface area contributed by atoms with Gasteiger partial charge in [-0.15, -0.1) is 0 Å². The van der Waals surface area contributed by atoms with Crippen LogP contribution in [-0.2, 0) is 14.4 Å². The van der Waals surface area contributed by atoms with Gasteiger partial charge < -0.3 is 10.1 Å². The minimum atomic E-state index is -1.03. The lowest BCUT2D eigenvalue weighted by Crippen LogP contribution is -2.54. The van der Waals surface area contributed by atoms with E-state index in [-0.39, 0.29) is 29.5 Å². The number of urea groups is 1. The maximum Gasteiger partial charge on any atom is 0.335 e. The third-order valence-corrected chi connectivity index (χ3v) is 6.92. The zero-order valence-corrected chi connectivity index (χ0v) is 24.2. The number of nitrogens with one attached hydrogen (secondary N) is 2. The molecule has 0 saturated carbocycles. The Morgan fingerprint density at radius 3 is 2.45 bits per heavy atom. The predicted molar refractivity (Wildman–Crippen MR) is 154 cm³/mol. The van der Waals surface area contributed by atoms with Gasteiger partial charge in [0.1, 0.15) is 11.3 Å². The zero-order chi connectivity index (χ0) is 29.1. The fourth-order valence-electron chi connectivity index (χ4n) is 3.80. The monoisotopic (exact) mass is 670 g/mol. The second-order valence-electron chi connectivity index (χ2n) is 8.70. The van der Waals surface area contributed by atoms with Gasteiger partial charge in [-0.05, 0) is 92.7 Å². The number of hydrogen-bond donors (Lipinski definition) is 2. The highest BCUT2D eigenvalue weighted by Crippen LogP contribution is 2.36. The Labute approximate surface area is 244 Å². The van der Waals surface area contributed by atoms with Gasteiger partial charge in [-0.2, -0.15) is 0 Å². The normalized spacial score (nSPS) is 14.2. The van der Waals surface area contributed by atoms with Crippen LogP contribution in [0.25, 0.3) is 6.08 Å². The molecule has 204 valence electrons. The van der Waals surface area contributed by atoms with E-state index in [1.165, 1.54) is 24.3 Å². The molecule has 0 unspecified atom stereocenters. The summed E-state index contributed by atoms with van der Waals surface area (Å²) in [7, 11) is 0. The molecule has 11 nitrogen and oxygen atoms in total. The fourth-order valence-corrected chi connectivity index (χ4v) is 5.25. The molecule has 0 spiro atoms. The molecule has 0 aromatic heterocycles. The lowest BCUT2D eigenvalue weighted by Gasteiger charge is -2.26. The summed E-state index contributed by atoms with van der Waals surface area (Å²) in [6.45, 7) is 3.52. The average Bonchev–Trinajstić information content (AvgIpc) is 2.88. The van der Waals surface area contributed by atoms with Gasteiger partial charge in [0.2, 0.25) is 0 Å². The molecule has 40 heavy (non-hydrogen) atoms. The van der Waals surface area contributed by atoms with Crippen LogP contribution in [0.4, 0.5) is 21.9 Å². The van der Waals surface area contributed by atoms with Crippen molar-refractivity contribution in [1.29, 1.82) is 0 Å². The van der Waals surface area contributed by atoms with E-state index in [0.717, 1.165) is 17.2 Å². The lowest BCUT2D eigenvalue weighted by molar-refractivity contribution is -0.384. The standard InChI is InChI=1S/C27H20Br2N4O7/c1-14-6-7-15(2)22(8-14)30-23(34)13-40-24-20(28)10-16(11-21(24)29)9-19-25(35)31-27(37)32(26(19)36)17-4-3-5-18(12-17)33(38)39/h3-12H,13H2,1-2H3,(H,30,34)(H,31,35,37)/b19-9-. The van der Waals surface area contributed by atoms with Crippen LogP contribution in [0.2, 0.25) is 0 Å². The fraction of sp³-hybridized carbons (Fsp3) is 0.111. The number of carbonyl (C=O) groups excluding carboxylic acids is 4. The summed E-state index contributed by atoms with van der Waals surface area (Å²) in [6, 6.07) is 12.7.